The van der Waals surface area contributed by atoms with Gasteiger partial charge in [-0.15, -0.1) is 0 Å². The van der Waals surface area contributed by atoms with Crippen molar-refractivity contribution in [3.63, 3.8) is 0 Å². The average molecular weight is 301 g/mol. The van der Waals surface area contributed by atoms with Gasteiger partial charge in [-0.1, -0.05) is 29.4 Å². The fourth-order valence-electron chi connectivity index (χ4n) is 1.79. The van der Waals surface area contributed by atoms with Crippen LogP contribution in [0.2, 0.25) is 0 Å². The standard InChI is InChI=1S/C15H15N3O4/c1-18(2)8-7-16-9-12(19)22-17-13-14(20)10-5-3-4-6-11(10)15(13)21/h3-8,16H,9H2,1-2H3/b8-7-. The summed E-state index contributed by atoms with van der Waals surface area (Å²) in [7, 11) is 3.66. The van der Waals surface area contributed by atoms with Crippen LogP contribution >= 0.6 is 0 Å². The summed E-state index contributed by atoms with van der Waals surface area (Å²) >= 11 is 0. The highest BCUT2D eigenvalue weighted by Gasteiger charge is 2.11. The third-order valence-electron chi connectivity index (χ3n) is 2.82. The van der Waals surface area contributed by atoms with Crippen LogP contribution in [0.1, 0.15) is 0 Å². The molecule has 2 aromatic carbocycles. The Bertz CT molecular complexity index is 811. The quantitative estimate of drug-likeness (QED) is 0.587. The summed E-state index contributed by atoms with van der Waals surface area (Å²) in [4.78, 5) is 41.8. The van der Waals surface area contributed by atoms with Crippen LogP contribution in [0.25, 0.3) is 10.8 Å². The minimum Gasteiger partial charge on any atom is -0.382 e. The van der Waals surface area contributed by atoms with Crippen molar-refractivity contribution in [2.45, 2.75) is 0 Å². The summed E-state index contributed by atoms with van der Waals surface area (Å²) in [6.45, 7) is -0.129. The van der Waals surface area contributed by atoms with E-state index in [-0.39, 0.29) is 22.7 Å². The van der Waals surface area contributed by atoms with E-state index in [1.165, 1.54) is 12.1 Å². The summed E-state index contributed by atoms with van der Waals surface area (Å²) in [5, 5.41) is 6.27. The minimum atomic E-state index is -0.701. The van der Waals surface area contributed by atoms with Gasteiger partial charge >= 0.3 is 5.97 Å². The SMILES string of the molecule is CN(C)/C=C\NCC(=O)ON=c1c(=O)c2ccccc2c1=O. The highest BCUT2D eigenvalue weighted by molar-refractivity contribution is 5.83. The lowest BCUT2D eigenvalue weighted by Gasteiger charge is -2.03. The highest BCUT2D eigenvalue weighted by Crippen LogP contribution is 2.01. The van der Waals surface area contributed by atoms with Crippen molar-refractivity contribution >= 4 is 16.7 Å². The van der Waals surface area contributed by atoms with Crippen molar-refractivity contribution in [3.8, 4) is 0 Å². The zero-order valence-corrected chi connectivity index (χ0v) is 12.2. The van der Waals surface area contributed by atoms with Gasteiger partial charge in [0.05, 0.1) is 0 Å². The van der Waals surface area contributed by atoms with E-state index in [1.54, 1.807) is 29.4 Å². The van der Waals surface area contributed by atoms with Crippen LogP contribution < -0.4 is 21.5 Å². The summed E-state index contributed by atoms with van der Waals surface area (Å²) in [6.07, 6.45) is 3.27. The third kappa shape index (κ3) is 3.38. The van der Waals surface area contributed by atoms with Gasteiger partial charge in [0, 0.05) is 37.3 Å². The van der Waals surface area contributed by atoms with Crippen LogP contribution in [0.5, 0.6) is 0 Å². The van der Waals surface area contributed by atoms with Crippen LogP contribution in [0.15, 0.2) is 51.4 Å². The molecule has 1 N–H and O–H groups in total. The second-order valence-corrected chi connectivity index (χ2v) is 4.77. The van der Waals surface area contributed by atoms with Gasteiger partial charge in [0.25, 0.3) is 0 Å². The largest absolute Gasteiger partial charge is 0.382 e. The van der Waals surface area contributed by atoms with Crippen LogP contribution in [-0.4, -0.2) is 31.5 Å². The molecular formula is C15H15N3O4. The highest BCUT2D eigenvalue weighted by atomic mass is 16.7. The molecule has 0 saturated carbocycles. The molecule has 0 fully saturated rings. The molecule has 0 aliphatic carbocycles. The normalized spacial score (nSPS) is 10.8. The van der Waals surface area contributed by atoms with Crippen LogP contribution in [-0.2, 0) is 9.63 Å². The number of carbonyl (C=O) groups is 1. The molecule has 0 radical (unpaired) electrons. The maximum Gasteiger partial charge on any atom is 0.353 e. The zero-order valence-electron chi connectivity index (χ0n) is 12.2. The van der Waals surface area contributed by atoms with Gasteiger partial charge in [0.2, 0.25) is 10.9 Å². The molecule has 7 heteroatoms. The monoisotopic (exact) mass is 301 g/mol. The predicted octanol–water partition coefficient (Wildman–Crippen LogP) is -0.583. The smallest absolute Gasteiger partial charge is 0.353 e. The number of nitrogens with one attached hydrogen (secondary N) is 1. The number of fused-ring (bicyclic) bond motifs is 1. The Kier molecular flexibility index (Phi) is 4.67. The van der Waals surface area contributed by atoms with Gasteiger partial charge in [0.15, 0.2) is 5.36 Å². The van der Waals surface area contributed by atoms with Crippen LogP contribution in [0.3, 0.4) is 0 Å². The molecule has 2 aromatic rings. The molecule has 0 bridgehead atoms. The maximum absolute atomic E-state index is 12.0. The fourth-order valence-corrected chi connectivity index (χ4v) is 1.79. The molecule has 0 aliphatic rings. The second kappa shape index (κ2) is 6.66. The summed E-state index contributed by atoms with van der Waals surface area (Å²) in [5.41, 5.74) is -1.07. The summed E-state index contributed by atoms with van der Waals surface area (Å²) in [5.74, 6) is -0.701. The van der Waals surface area contributed by atoms with Crippen LogP contribution in [0.4, 0.5) is 0 Å². The molecule has 0 aromatic heterocycles. The van der Waals surface area contributed by atoms with E-state index in [9.17, 15) is 14.4 Å². The van der Waals surface area contributed by atoms with Gasteiger partial charge < -0.3 is 15.1 Å². The fraction of sp³-hybridized carbons (Fsp3) is 0.200. The molecule has 7 nitrogen and oxygen atoms in total. The lowest BCUT2D eigenvalue weighted by molar-refractivity contribution is -0.142. The first-order valence-corrected chi connectivity index (χ1v) is 6.53. The zero-order chi connectivity index (χ0) is 16.1. The third-order valence-corrected chi connectivity index (χ3v) is 2.82. The Labute approximate surface area is 125 Å². The molecule has 0 amide bonds. The van der Waals surface area contributed by atoms with Crippen molar-refractivity contribution in [1.82, 2.24) is 10.2 Å². The number of benzene rings is 1. The number of nitrogens with zero attached hydrogens (tertiary/aromatic N) is 2. The summed E-state index contributed by atoms with van der Waals surface area (Å²) in [6, 6.07) is 6.38. The molecule has 0 aliphatic heterocycles. The minimum absolute atomic E-state index is 0.129. The molecule has 114 valence electrons. The Morgan fingerprint density at radius 1 is 1.23 bits per heavy atom. The van der Waals surface area contributed by atoms with E-state index in [4.69, 9.17) is 0 Å². The van der Waals surface area contributed by atoms with E-state index in [0.29, 0.717) is 0 Å². The molecular weight excluding hydrogens is 286 g/mol. The Morgan fingerprint density at radius 2 is 1.82 bits per heavy atom. The molecule has 0 unspecified atom stereocenters. The van der Waals surface area contributed by atoms with E-state index in [1.807, 2.05) is 14.1 Å². The van der Waals surface area contributed by atoms with E-state index >= 15 is 0 Å². The lowest BCUT2D eigenvalue weighted by atomic mass is 10.2. The van der Waals surface area contributed by atoms with E-state index in [0.717, 1.165) is 0 Å². The van der Waals surface area contributed by atoms with Crippen molar-refractivity contribution in [2.75, 3.05) is 20.6 Å². The van der Waals surface area contributed by atoms with Crippen LogP contribution in [0, 0.1) is 0 Å². The first-order valence-electron chi connectivity index (χ1n) is 6.53. The van der Waals surface area contributed by atoms with Gasteiger partial charge in [-0.3, -0.25) is 9.59 Å². The average Bonchev–Trinajstić information content (AvgIpc) is 2.74. The molecule has 0 heterocycles. The van der Waals surface area contributed by atoms with E-state index in [2.05, 4.69) is 15.3 Å². The molecule has 0 saturated heterocycles. The number of carbonyl (C=O) groups excluding carboxylic acids is 1. The molecule has 0 atom stereocenters. The van der Waals surface area contributed by atoms with Crippen molar-refractivity contribution in [1.29, 1.82) is 0 Å². The first kappa shape index (κ1) is 15.4. The van der Waals surface area contributed by atoms with Crippen molar-refractivity contribution in [3.05, 3.63) is 62.5 Å². The van der Waals surface area contributed by atoms with Crippen molar-refractivity contribution < 1.29 is 9.63 Å². The summed E-state index contributed by atoms with van der Waals surface area (Å²) < 4.78 is 0. The Hall–Kier alpha value is -2.96. The second-order valence-electron chi connectivity index (χ2n) is 4.77. The van der Waals surface area contributed by atoms with E-state index < -0.39 is 16.8 Å². The molecule has 2 rings (SSSR count). The maximum atomic E-state index is 12.0. The lowest BCUT2D eigenvalue weighted by Crippen LogP contribution is -2.32. The Balaban J connectivity index is 2.13. The number of hydrogen-bond donors (Lipinski definition) is 1. The van der Waals surface area contributed by atoms with Crippen molar-refractivity contribution in [2.24, 2.45) is 5.16 Å². The Morgan fingerprint density at radius 3 is 2.36 bits per heavy atom. The number of hydrogen-bond acceptors (Lipinski definition) is 7. The van der Waals surface area contributed by atoms with Gasteiger partial charge in [-0.05, 0) is 0 Å². The first-order chi connectivity index (χ1) is 10.5. The van der Waals surface area contributed by atoms with Gasteiger partial charge in [-0.25, -0.2) is 4.79 Å². The topological polar surface area (TPSA) is 88.1 Å². The molecule has 22 heavy (non-hydrogen) atoms. The van der Waals surface area contributed by atoms with Gasteiger partial charge in [-0.2, -0.15) is 0 Å². The van der Waals surface area contributed by atoms with Gasteiger partial charge in [0.1, 0.15) is 6.54 Å². The predicted molar refractivity (Wildman–Crippen MR) is 81.3 cm³/mol. The number of rotatable bonds is 5. The molecule has 0 spiro atoms.